The van der Waals surface area contributed by atoms with Crippen LogP contribution < -0.4 is 5.73 Å². The van der Waals surface area contributed by atoms with Gasteiger partial charge in [-0.3, -0.25) is 4.79 Å². The molecule has 1 heterocycles. The maximum atomic E-state index is 11.7. The smallest absolute Gasteiger partial charge is 0.239 e. The molecule has 0 aliphatic carbocycles. The Morgan fingerprint density at radius 2 is 2.07 bits per heavy atom. The standard InChI is InChI=1S/C9H18N2O3S/c1-15-3-2-6(10)9(14)11-4-7(12)8(13)5-11/h6-8,12-13H,2-5,10H2,1H3/t6-,7?,8?/m1/s1. The van der Waals surface area contributed by atoms with Gasteiger partial charge in [0, 0.05) is 13.1 Å². The average Bonchev–Trinajstić information content (AvgIpc) is 2.54. The van der Waals surface area contributed by atoms with Crippen molar-refractivity contribution in [2.45, 2.75) is 24.7 Å². The van der Waals surface area contributed by atoms with Crippen LogP contribution in [0.4, 0.5) is 0 Å². The molecule has 1 saturated heterocycles. The van der Waals surface area contributed by atoms with Gasteiger partial charge in [0.1, 0.15) is 0 Å². The van der Waals surface area contributed by atoms with Gasteiger partial charge in [0.25, 0.3) is 0 Å². The van der Waals surface area contributed by atoms with Crippen molar-refractivity contribution in [1.29, 1.82) is 0 Å². The number of nitrogens with zero attached hydrogens (tertiary/aromatic N) is 1. The number of amides is 1. The highest BCUT2D eigenvalue weighted by Crippen LogP contribution is 2.12. The molecular weight excluding hydrogens is 216 g/mol. The molecule has 88 valence electrons. The minimum absolute atomic E-state index is 0.181. The van der Waals surface area contributed by atoms with E-state index in [-0.39, 0.29) is 19.0 Å². The van der Waals surface area contributed by atoms with Gasteiger partial charge in [-0.1, -0.05) is 0 Å². The van der Waals surface area contributed by atoms with Crippen molar-refractivity contribution in [2.75, 3.05) is 25.1 Å². The molecule has 0 aromatic carbocycles. The Bertz CT molecular complexity index is 217. The van der Waals surface area contributed by atoms with Gasteiger partial charge in [-0.15, -0.1) is 0 Å². The minimum atomic E-state index is -0.832. The molecule has 0 saturated carbocycles. The van der Waals surface area contributed by atoms with Gasteiger partial charge in [-0.25, -0.2) is 0 Å². The van der Waals surface area contributed by atoms with Crippen molar-refractivity contribution >= 4 is 17.7 Å². The van der Waals surface area contributed by atoms with Crippen molar-refractivity contribution in [2.24, 2.45) is 5.73 Å². The van der Waals surface area contributed by atoms with Gasteiger partial charge in [-0.05, 0) is 18.4 Å². The third-order valence-corrected chi connectivity index (χ3v) is 3.16. The van der Waals surface area contributed by atoms with E-state index in [0.29, 0.717) is 6.42 Å². The van der Waals surface area contributed by atoms with Crippen LogP contribution in [0.5, 0.6) is 0 Å². The van der Waals surface area contributed by atoms with E-state index in [1.165, 1.54) is 4.90 Å². The fourth-order valence-electron chi connectivity index (χ4n) is 1.55. The van der Waals surface area contributed by atoms with Gasteiger partial charge < -0.3 is 20.8 Å². The lowest BCUT2D eigenvalue weighted by Crippen LogP contribution is -2.43. The highest BCUT2D eigenvalue weighted by molar-refractivity contribution is 7.98. The Hall–Kier alpha value is -0.300. The van der Waals surface area contributed by atoms with Crippen LogP contribution in [0, 0.1) is 0 Å². The monoisotopic (exact) mass is 234 g/mol. The van der Waals surface area contributed by atoms with E-state index in [9.17, 15) is 15.0 Å². The lowest BCUT2D eigenvalue weighted by molar-refractivity contribution is -0.132. The van der Waals surface area contributed by atoms with Crippen molar-refractivity contribution < 1.29 is 15.0 Å². The largest absolute Gasteiger partial charge is 0.388 e. The lowest BCUT2D eigenvalue weighted by atomic mass is 10.2. The first kappa shape index (κ1) is 12.8. The number of β-amino-alcohol motifs (C(OH)–C–C–N with tert-alkyl or cyclic N) is 2. The van der Waals surface area contributed by atoms with E-state index in [0.717, 1.165) is 5.75 Å². The van der Waals surface area contributed by atoms with Gasteiger partial charge in [0.05, 0.1) is 18.2 Å². The molecular formula is C9H18N2O3S. The van der Waals surface area contributed by atoms with Crippen molar-refractivity contribution in [3.05, 3.63) is 0 Å². The number of aliphatic hydroxyl groups excluding tert-OH is 2. The molecule has 2 unspecified atom stereocenters. The van der Waals surface area contributed by atoms with Crippen molar-refractivity contribution in [3.8, 4) is 0 Å². The van der Waals surface area contributed by atoms with E-state index < -0.39 is 18.2 Å². The number of nitrogens with two attached hydrogens (primary N) is 1. The second-order valence-electron chi connectivity index (χ2n) is 3.77. The van der Waals surface area contributed by atoms with Gasteiger partial charge in [-0.2, -0.15) is 11.8 Å². The fourth-order valence-corrected chi connectivity index (χ4v) is 2.04. The van der Waals surface area contributed by atoms with E-state index >= 15 is 0 Å². The number of likely N-dealkylation sites (tertiary alicyclic amines) is 1. The second kappa shape index (κ2) is 5.69. The SMILES string of the molecule is CSCC[C@@H](N)C(=O)N1CC(O)C(O)C1. The Labute approximate surface area is 93.6 Å². The number of thioether (sulfide) groups is 1. The molecule has 3 atom stereocenters. The molecule has 1 aliphatic heterocycles. The average molecular weight is 234 g/mol. The van der Waals surface area contributed by atoms with E-state index in [4.69, 9.17) is 5.73 Å². The quantitative estimate of drug-likeness (QED) is 0.559. The summed E-state index contributed by atoms with van der Waals surface area (Å²) in [6, 6.07) is -0.519. The first-order valence-corrected chi connectivity index (χ1v) is 6.35. The Morgan fingerprint density at radius 3 is 2.53 bits per heavy atom. The Balaban J connectivity index is 2.40. The van der Waals surface area contributed by atoms with E-state index in [2.05, 4.69) is 0 Å². The molecule has 0 spiro atoms. The fraction of sp³-hybridized carbons (Fsp3) is 0.889. The summed E-state index contributed by atoms with van der Waals surface area (Å²) >= 11 is 1.64. The van der Waals surface area contributed by atoms with Crippen molar-refractivity contribution in [3.63, 3.8) is 0 Å². The summed E-state index contributed by atoms with van der Waals surface area (Å²) in [5.41, 5.74) is 5.71. The Kier molecular flexibility index (Phi) is 4.85. The Morgan fingerprint density at radius 1 is 1.53 bits per heavy atom. The van der Waals surface area contributed by atoms with Crippen LogP contribution in [0.3, 0.4) is 0 Å². The summed E-state index contributed by atoms with van der Waals surface area (Å²) in [5.74, 6) is 0.658. The van der Waals surface area contributed by atoms with Crippen LogP contribution in [-0.2, 0) is 4.79 Å². The molecule has 0 aromatic heterocycles. The second-order valence-corrected chi connectivity index (χ2v) is 4.75. The topological polar surface area (TPSA) is 86.8 Å². The molecule has 1 aliphatic rings. The first-order chi connectivity index (χ1) is 7.06. The van der Waals surface area contributed by atoms with Crippen molar-refractivity contribution in [1.82, 2.24) is 4.90 Å². The predicted molar refractivity (Wildman–Crippen MR) is 59.6 cm³/mol. The molecule has 0 bridgehead atoms. The molecule has 1 amide bonds. The zero-order valence-corrected chi connectivity index (χ0v) is 9.61. The number of hydrogen-bond donors (Lipinski definition) is 3. The lowest BCUT2D eigenvalue weighted by Gasteiger charge is -2.19. The zero-order chi connectivity index (χ0) is 11.4. The normalized spacial score (nSPS) is 28.1. The van der Waals surface area contributed by atoms with Crippen LogP contribution in [0.2, 0.25) is 0 Å². The minimum Gasteiger partial charge on any atom is -0.388 e. The molecule has 1 fully saturated rings. The molecule has 4 N–H and O–H groups in total. The first-order valence-electron chi connectivity index (χ1n) is 4.95. The summed E-state index contributed by atoms with van der Waals surface area (Å²) < 4.78 is 0. The van der Waals surface area contributed by atoms with Gasteiger partial charge in [0.2, 0.25) is 5.91 Å². The highest BCUT2D eigenvalue weighted by Gasteiger charge is 2.34. The summed E-state index contributed by atoms with van der Waals surface area (Å²) in [7, 11) is 0. The molecule has 0 aromatic rings. The van der Waals surface area contributed by atoms with Crippen LogP contribution in [0.1, 0.15) is 6.42 Å². The highest BCUT2D eigenvalue weighted by atomic mass is 32.2. The van der Waals surface area contributed by atoms with E-state index in [1.54, 1.807) is 11.8 Å². The molecule has 0 radical (unpaired) electrons. The van der Waals surface area contributed by atoms with E-state index in [1.807, 2.05) is 6.26 Å². The van der Waals surface area contributed by atoms with Crippen LogP contribution >= 0.6 is 11.8 Å². The number of rotatable bonds is 4. The zero-order valence-electron chi connectivity index (χ0n) is 8.80. The van der Waals surface area contributed by atoms with Crippen LogP contribution in [0.15, 0.2) is 0 Å². The maximum absolute atomic E-state index is 11.7. The number of aliphatic hydroxyl groups is 2. The third kappa shape index (κ3) is 3.34. The number of carbonyl (C=O) groups excluding carboxylic acids is 1. The van der Waals surface area contributed by atoms with Crippen LogP contribution in [0.25, 0.3) is 0 Å². The molecule has 6 heteroatoms. The predicted octanol–water partition coefficient (Wildman–Crippen LogP) is -1.37. The maximum Gasteiger partial charge on any atom is 0.239 e. The molecule has 1 rings (SSSR count). The summed E-state index contributed by atoms with van der Waals surface area (Å²) in [5, 5.41) is 18.6. The molecule has 5 nitrogen and oxygen atoms in total. The van der Waals surface area contributed by atoms with Gasteiger partial charge >= 0.3 is 0 Å². The number of hydrogen-bond acceptors (Lipinski definition) is 5. The number of carbonyl (C=O) groups is 1. The summed E-state index contributed by atoms with van der Waals surface area (Å²) in [4.78, 5) is 13.1. The van der Waals surface area contributed by atoms with Crippen LogP contribution in [-0.4, -0.2) is 64.4 Å². The van der Waals surface area contributed by atoms with Gasteiger partial charge in [0.15, 0.2) is 0 Å². The third-order valence-electron chi connectivity index (χ3n) is 2.52. The summed E-state index contributed by atoms with van der Waals surface area (Å²) in [6.07, 6.45) is 0.923. The summed E-state index contributed by atoms with van der Waals surface area (Å²) in [6.45, 7) is 0.375. The molecule has 15 heavy (non-hydrogen) atoms.